The molecule has 0 radical (unpaired) electrons. The zero-order valence-corrected chi connectivity index (χ0v) is 8.58. The Balaban J connectivity index is 2.26. The molecule has 0 spiro atoms. The van der Waals surface area contributed by atoms with Crippen molar-refractivity contribution in [3.63, 3.8) is 0 Å². The van der Waals surface area contributed by atoms with E-state index in [0.717, 1.165) is 0 Å². The van der Waals surface area contributed by atoms with Crippen molar-refractivity contribution in [1.29, 1.82) is 0 Å². The van der Waals surface area contributed by atoms with Crippen LogP contribution < -0.4 is 0 Å². The highest BCUT2D eigenvalue weighted by molar-refractivity contribution is 6.00. The maximum absolute atomic E-state index is 11.0. The summed E-state index contributed by atoms with van der Waals surface area (Å²) in [6.45, 7) is 0. The molecule has 0 fully saturated rings. The lowest BCUT2D eigenvalue weighted by atomic mass is 10.2. The van der Waals surface area contributed by atoms with Crippen LogP contribution in [0.2, 0.25) is 0 Å². The molecule has 2 aromatic heterocycles. The predicted molar refractivity (Wildman–Crippen MR) is 58.7 cm³/mol. The molecule has 0 aliphatic heterocycles. The summed E-state index contributed by atoms with van der Waals surface area (Å²) in [7, 11) is 0. The molecule has 84 valence electrons. The van der Waals surface area contributed by atoms with Crippen LogP contribution in [-0.4, -0.2) is 16.1 Å². The summed E-state index contributed by atoms with van der Waals surface area (Å²) in [5.41, 5.74) is 0.843. The second-order valence-electron chi connectivity index (χ2n) is 3.46. The Hall–Kier alpha value is -2.56. The highest BCUT2D eigenvalue weighted by Gasteiger charge is 2.16. The normalized spacial score (nSPS) is 10.8. The molecule has 5 nitrogen and oxygen atoms in total. The SMILES string of the molecule is O=C(O)c1cccc2nc(-c3ccco3)oc12. The smallest absolute Gasteiger partial charge is 0.339 e. The lowest BCUT2D eigenvalue weighted by Gasteiger charge is -1.92. The van der Waals surface area contributed by atoms with Gasteiger partial charge in [0.25, 0.3) is 5.89 Å². The number of carboxylic acids is 1. The van der Waals surface area contributed by atoms with E-state index in [9.17, 15) is 4.79 Å². The number of para-hydroxylation sites is 1. The van der Waals surface area contributed by atoms with Gasteiger partial charge < -0.3 is 13.9 Å². The summed E-state index contributed by atoms with van der Waals surface area (Å²) in [5, 5.41) is 9.01. The fraction of sp³-hybridized carbons (Fsp3) is 0. The predicted octanol–water partition coefficient (Wildman–Crippen LogP) is 2.79. The first-order valence-corrected chi connectivity index (χ1v) is 4.92. The van der Waals surface area contributed by atoms with Crippen LogP contribution in [0.15, 0.2) is 45.4 Å². The molecule has 1 N–H and O–H groups in total. The van der Waals surface area contributed by atoms with E-state index in [1.165, 1.54) is 12.3 Å². The minimum absolute atomic E-state index is 0.0906. The molecule has 0 aliphatic rings. The van der Waals surface area contributed by atoms with Crippen molar-refractivity contribution in [3.8, 4) is 11.7 Å². The van der Waals surface area contributed by atoms with Gasteiger partial charge in [0.1, 0.15) is 11.1 Å². The van der Waals surface area contributed by atoms with E-state index >= 15 is 0 Å². The van der Waals surface area contributed by atoms with Crippen molar-refractivity contribution in [2.24, 2.45) is 0 Å². The van der Waals surface area contributed by atoms with Crippen LogP contribution in [0.5, 0.6) is 0 Å². The zero-order valence-electron chi connectivity index (χ0n) is 8.58. The van der Waals surface area contributed by atoms with Gasteiger partial charge in [0, 0.05) is 0 Å². The first-order valence-electron chi connectivity index (χ1n) is 4.92. The number of benzene rings is 1. The molecule has 0 bridgehead atoms. The second kappa shape index (κ2) is 3.48. The molecule has 17 heavy (non-hydrogen) atoms. The van der Waals surface area contributed by atoms with Gasteiger partial charge in [-0.05, 0) is 24.3 Å². The monoisotopic (exact) mass is 229 g/mol. The fourth-order valence-corrected chi connectivity index (χ4v) is 1.62. The van der Waals surface area contributed by atoms with Crippen LogP contribution in [0.4, 0.5) is 0 Å². The molecular formula is C12H7NO4. The number of hydrogen-bond donors (Lipinski definition) is 1. The fourth-order valence-electron chi connectivity index (χ4n) is 1.62. The molecule has 3 rings (SSSR count). The third-order valence-electron chi connectivity index (χ3n) is 2.38. The largest absolute Gasteiger partial charge is 0.478 e. The summed E-state index contributed by atoms with van der Waals surface area (Å²) in [4.78, 5) is 15.2. The van der Waals surface area contributed by atoms with E-state index in [2.05, 4.69) is 4.98 Å². The molecule has 0 unspecified atom stereocenters. The van der Waals surface area contributed by atoms with Gasteiger partial charge in [0.05, 0.1) is 6.26 Å². The minimum atomic E-state index is -1.04. The molecule has 2 heterocycles. The number of rotatable bonds is 2. The number of aromatic carboxylic acids is 1. The van der Waals surface area contributed by atoms with Crippen LogP contribution in [0.25, 0.3) is 22.8 Å². The van der Waals surface area contributed by atoms with Crippen LogP contribution in [0.3, 0.4) is 0 Å². The van der Waals surface area contributed by atoms with Gasteiger partial charge >= 0.3 is 5.97 Å². The standard InChI is InChI=1S/C12H7NO4/c14-12(15)7-3-1-4-8-10(7)17-11(13-8)9-5-2-6-16-9/h1-6H,(H,14,15). The van der Waals surface area contributed by atoms with Crippen LogP contribution in [-0.2, 0) is 0 Å². The highest BCUT2D eigenvalue weighted by Crippen LogP contribution is 2.26. The van der Waals surface area contributed by atoms with E-state index in [1.807, 2.05) is 0 Å². The summed E-state index contributed by atoms with van der Waals surface area (Å²) < 4.78 is 10.6. The van der Waals surface area contributed by atoms with Gasteiger partial charge in [-0.1, -0.05) is 6.07 Å². The Morgan fingerprint density at radius 2 is 2.12 bits per heavy atom. The Labute approximate surface area is 95.3 Å². The molecule has 5 heteroatoms. The Kier molecular flexibility index (Phi) is 1.98. The number of fused-ring (bicyclic) bond motifs is 1. The average molecular weight is 229 g/mol. The molecule has 0 saturated carbocycles. The van der Waals surface area contributed by atoms with Crippen LogP contribution in [0, 0.1) is 0 Å². The Morgan fingerprint density at radius 3 is 2.82 bits per heavy atom. The van der Waals surface area contributed by atoms with Crippen LogP contribution >= 0.6 is 0 Å². The molecule has 0 amide bonds. The first-order chi connectivity index (χ1) is 8.25. The lowest BCUT2D eigenvalue weighted by Crippen LogP contribution is -1.95. The van der Waals surface area contributed by atoms with Crippen molar-refractivity contribution in [2.75, 3.05) is 0 Å². The van der Waals surface area contributed by atoms with E-state index in [-0.39, 0.29) is 17.0 Å². The summed E-state index contributed by atoms with van der Waals surface area (Å²) >= 11 is 0. The van der Waals surface area contributed by atoms with Crippen molar-refractivity contribution in [2.45, 2.75) is 0 Å². The highest BCUT2D eigenvalue weighted by atomic mass is 16.4. The lowest BCUT2D eigenvalue weighted by molar-refractivity contribution is 0.0698. The summed E-state index contributed by atoms with van der Waals surface area (Å²) in [6, 6.07) is 8.20. The van der Waals surface area contributed by atoms with Gasteiger partial charge in [-0.3, -0.25) is 0 Å². The number of hydrogen-bond acceptors (Lipinski definition) is 4. The molecular weight excluding hydrogens is 222 g/mol. The quantitative estimate of drug-likeness (QED) is 0.731. The number of furan rings is 1. The third kappa shape index (κ3) is 1.48. The minimum Gasteiger partial charge on any atom is -0.478 e. The zero-order chi connectivity index (χ0) is 11.8. The van der Waals surface area contributed by atoms with Crippen molar-refractivity contribution >= 4 is 17.1 Å². The van der Waals surface area contributed by atoms with E-state index in [0.29, 0.717) is 11.3 Å². The first kappa shape index (κ1) is 9.65. The Morgan fingerprint density at radius 1 is 1.24 bits per heavy atom. The van der Waals surface area contributed by atoms with Crippen LogP contribution in [0.1, 0.15) is 10.4 Å². The van der Waals surface area contributed by atoms with Gasteiger partial charge in [-0.2, -0.15) is 0 Å². The number of carbonyl (C=O) groups is 1. The van der Waals surface area contributed by atoms with Crippen molar-refractivity contribution in [1.82, 2.24) is 4.98 Å². The maximum Gasteiger partial charge on any atom is 0.339 e. The van der Waals surface area contributed by atoms with Gasteiger partial charge in [-0.15, -0.1) is 0 Å². The molecule has 0 atom stereocenters. The summed E-state index contributed by atoms with van der Waals surface area (Å²) in [6.07, 6.45) is 1.50. The van der Waals surface area contributed by atoms with Gasteiger partial charge in [0.15, 0.2) is 11.3 Å². The molecule has 3 aromatic rings. The summed E-state index contributed by atoms with van der Waals surface area (Å²) in [5.74, 6) is -0.297. The van der Waals surface area contributed by atoms with E-state index in [4.69, 9.17) is 13.9 Å². The molecule has 1 aromatic carbocycles. The topological polar surface area (TPSA) is 76.5 Å². The maximum atomic E-state index is 11.0. The molecule has 0 aliphatic carbocycles. The number of aromatic nitrogens is 1. The van der Waals surface area contributed by atoms with Crippen molar-refractivity contribution in [3.05, 3.63) is 42.2 Å². The third-order valence-corrected chi connectivity index (χ3v) is 2.38. The molecule has 0 saturated heterocycles. The second-order valence-corrected chi connectivity index (χ2v) is 3.46. The average Bonchev–Trinajstić information content (AvgIpc) is 2.96. The number of oxazole rings is 1. The number of nitrogens with zero attached hydrogens (tertiary/aromatic N) is 1. The van der Waals surface area contributed by atoms with E-state index < -0.39 is 5.97 Å². The Bertz CT molecular complexity index is 682. The van der Waals surface area contributed by atoms with Gasteiger partial charge in [0.2, 0.25) is 0 Å². The van der Waals surface area contributed by atoms with E-state index in [1.54, 1.807) is 24.3 Å². The number of carboxylic acid groups (broad SMARTS) is 1. The van der Waals surface area contributed by atoms with Crippen molar-refractivity contribution < 1.29 is 18.7 Å². The van der Waals surface area contributed by atoms with Gasteiger partial charge in [-0.25, -0.2) is 9.78 Å².